The second kappa shape index (κ2) is 6.07. The van der Waals surface area contributed by atoms with Crippen LogP contribution >= 0.6 is 12.4 Å². The van der Waals surface area contributed by atoms with E-state index in [2.05, 4.69) is 10.3 Å². The van der Waals surface area contributed by atoms with Crippen LogP contribution in [0.4, 0.5) is 15.3 Å². The molecular formula is C12H14ClN5O2. The van der Waals surface area contributed by atoms with Gasteiger partial charge in [0.1, 0.15) is 5.82 Å². The van der Waals surface area contributed by atoms with Crippen LogP contribution in [0.25, 0.3) is 11.3 Å². The molecule has 0 aliphatic carbocycles. The first-order valence-electron chi connectivity index (χ1n) is 5.50. The molecule has 7 nitrogen and oxygen atoms in total. The molecule has 20 heavy (non-hydrogen) atoms. The summed E-state index contributed by atoms with van der Waals surface area (Å²) in [4.78, 5) is 26.2. The maximum absolute atomic E-state index is 11.2. The fraction of sp³-hybridized carbons (Fsp3) is 0.0833. The van der Waals surface area contributed by atoms with Crippen LogP contribution in [0.15, 0.2) is 30.5 Å². The Labute approximate surface area is 121 Å². The molecule has 0 spiro atoms. The van der Waals surface area contributed by atoms with Crippen molar-refractivity contribution in [1.29, 1.82) is 0 Å². The number of aryl methyl sites for hydroxylation is 1. The summed E-state index contributed by atoms with van der Waals surface area (Å²) in [5.74, 6) is 0.496. The summed E-state index contributed by atoms with van der Waals surface area (Å²) in [6, 6.07) is 5.72. The first-order valence-corrected chi connectivity index (χ1v) is 5.50. The monoisotopic (exact) mass is 295 g/mol. The molecule has 3 amide bonds. The van der Waals surface area contributed by atoms with E-state index in [1.54, 1.807) is 37.4 Å². The summed E-state index contributed by atoms with van der Waals surface area (Å²) in [5, 5.41) is 2.47. The van der Waals surface area contributed by atoms with Gasteiger partial charge >= 0.3 is 12.1 Å². The van der Waals surface area contributed by atoms with Crippen molar-refractivity contribution in [3.8, 4) is 11.3 Å². The van der Waals surface area contributed by atoms with Gasteiger partial charge in [-0.15, -0.1) is 12.4 Å². The third kappa shape index (κ3) is 3.27. The number of hydrogen-bond acceptors (Lipinski definition) is 3. The Balaban J connectivity index is 0.00000200. The van der Waals surface area contributed by atoms with Crippen LogP contribution in [0.1, 0.15) is 5.82 Å². The number of nitrogens with two attached hydrogens (primary N) is 2. The molecule has 0 atom stereocenters. The first kappa shape index (κ1) is 15.5. The summed E-state index contributed by atoms with van der Waals surface area (Å²) in [7, 11) is 0. The first-order chi connectivity index (χ1) is 8.97. The van der Waals surface area contributed by atoms with Crippen molar-refractivity contribution in [3.05, 3.63) is 36.3 Å². The molecule has 5 N–H and O–H groups in total. The minimum absolute atomic E-state index is 0. The molecule has 1 aromatic heterocycles. The Morgan fingerprint density at radius 1 is 1.30 bits per heavy atom. The average Bonchev–Trinajstić information content (AvgIpc) is 2.71. The van der Waals surface area contributed by atoms with Crippen molar-refractivity contribution < 1.29 is 9.59 Å². The Hall–Kier alpha value is -2.54. The summed E-state index contributed by atoms with van der Waals surface area (Å²) in [6.07, 6.45) is 1.54. The molecule has 0 aliphatic heterocycles. The van der Waals surface area contributed by atoms with E-state index in [0.717, 1.165) is 5.56 Å². The number of halogens is 1. The molecule has 1 heterocycles. The fourth-order valence-electron chi connectivity index (χ4n) is 1.73. The lowest BCUT2D eigenvalue weighted by molar-refractivity contribution is 0.250. The lowest BCUT2D eigenvalue weighted by atomic mass is 10.1. The minimum atomic E-state index is -0.643. The predicted molar refractivity (Wildman–Crippen MR) is 77.8 cm³/mol. The van der Waals surface area contributed by atoms with Crippen molar-refractivity contribution in [2.45, 2.75) is 6.92 Å². The summed E-state index contributed by atoms with van der Waals surface area (Å²) in [5.41, 5.74) is 12.1. The van der Waals surface area contributed by atoms with Crippen molar-refractivity contribution in [2.24, 2.45) is 11.5 Å². The quantitative estimate of drug-likeness (QED) is 0.782. The number of imidazole rings is 1. The number of anilines is 1. The normalized spacial score (nSPS) is 9.65. The van der Waals surface area contributed by atoms with Gasteiger partial charge in [0.2, 0.25) is 0 Å². The van der Waals surface area contributed by atoms with Crippen molar-refractivity contribution in [2.75, 3.05) is 5.32 Å². The molecule has 2 rings (SSSR count). The minimum Gasteiger partial charge on any atom is -0.351 e. The van der Waals surface area contributed by atoms with Gasteiger partial charge in [0, 0.05) is 17.4 Å². The van der Waals surface area contributed by atoms with E-state index >= 15 is 0 Å². The highest BCUT2D eigenvalue weighted by Gasteiger charge is 2.10. The number of carbonyl (C=O) groups is 2. The maximum atomic E-state index is 11.2. The molecule has 0 saturated heterocycles. The predicted octanol–water partition coefficient (Wildman–Crippen LogP) is 1.70. The maximum Gasteiger partial charge on any atom is 0.324 e. The van der Waals surface area contributed by atoms with Crippen LogP contribution in [-0.4, -0.2) is 21.6 Å². The molecule has 1 aromatic carbocycles. The van der Waals surface area contributed by atoms with E-state index in [1.807, 2.05) is 0 Å². The third-order valence-corrected chi connectivity index (χ3v) is 2.55. The molecule has 2 aromatic rings. The van der Waals surface area contributed by atoms with E-state index < -0.39 is 12.1 Å². The van der Waals surface area contributed by atoms with Crippen LogP contribution in [0.3, 0.4) is 0 Å². The number of primary amides is 2. The third-order valence-electron chi connectivity index (χ3n) is 2.55. The van der Waals surface area contributed by atoms with Gasteiger partial charge in [0.25, 0.3) is 0 Å². The van der Waals surface area contributed by atoms with E-state index in [1.165, 1.54) is 4.57 Å². The van der Waals surface area contributed by atoms with Gasteiger partial charge in [0.15, 0.2) is 0 Å². The van der Waals surface area contributed by atoms with Gasteiger partial charge in [-0.2, -0.15) is 0 Å². The van der Waals surface area contributed by atoms with Crippen molar-refractivity contribution in [3.63, 3.8) is 0 Å². The lowest BCUT2D eigenvalue weighted by Gasteiger charge is -2.03. The van der Waals surface area contributed by atoms with Gasteiger partial charge in [-0.05, 0) is 19.1 Å². The zero-order chi connectivity index (χ0) is 14.0. The SMILES string of the molecule is Cc1nc(-c2cccc(NC(N)=O)c2)cn1C(N)=O.Cl. The fourth-order valence-corrected chi connectivity index (χ4v) is 1.73. The highest BCUT2D eigenvalue weighted by molar-refractivity contribution is 5.88. The number of carbonyl (C=O) groups excluding carboxylic acids is 2. The number of aromatic nitrogens is 2. The van der Waals surface area contributed by atoms with Gasteiger partial charge in [-0.25, -0.2) is 14.6 Å². The zero-order valence-corrected chi connectivity index (χ0v) is 11.5. The zero-order valence-electron chi connectivity index (χ0n) is 10.7. The molecule has 0 bridgehead atoms. The van der Waals surface area contributed by atoms with Crippen LogP contribution < -0.4 is 16.8 Å². The van der Waals surface area contributed by atoms with Gasteiger partial charge < -0.3 is 16.8 Å². The number of benzene rings is 1. The second-order valence-corrected chi connectivity index (χ2v) is 3.95. The van der Waals surface area contributed by atoms with Gasteiger partial charge in [-0.1, -0.05) is 12.1 Å². The Morgan fingerprint density at radius 2 is 2.00 bits per heavy atom. The van der Waals surface area contributed by atoms with E-state index in [0.29, 0.717) is 17.2 Å². The molecular weight excluding hydrogens is 282 g/mol. The second-order valence-electron chi connectivity index (χ2n) is 3.95. The van der Waals surface area contributed by atoms with Crippen LogP contribution in [0, 0.1) is 6.92 Å². The van der Waals surface area contributed by atoms with Gasteiger partial charge in [-0.3, -0.25) is 4.57 Å². The topological polar surface area (TPSA) is 116 Å². The molecule has 106 valence electrons. The Morgan fingerprint density at radius 3 is 2.55 bits per heavy atom. The number of nitrogens with zero attached hydrogens (tertiary/aromatic N) is 2. The molecule has 0 unspecified atom stereocenters. The Bertz CT molecular complexity index is 653. The number of hydrogen-bond donors (Lipinski definition) is 3. The number of urea groups is 1. The molecule has 0 fully saturated rings. The van der Waals surface area contributed by atoms with E-state index in [9.17, 15) is 9.59 Å². The smallest absolute Gasteiger partial charge is 0.324 e. The van der Waals surface area contributed by atoms with E-state index in [-0.39, 0.29) is 12.4 Å². The van der Waals surface area contributed by atoms with Crippen molar-refractivity contribution in [1.82, 2.24) is 9.55 Å². The molecule has 0 saturated carbocycles. The number of nitrogens with one attached hydrogen (secondary N) is 1. The highest BCUT2D eigenvalue weighted by atomic mass is 35.5. The Kier molecular flexibility index (Phi) is 4.71. The summed E-state index contributed by atoms with van der Waals surface area (Å²) < 4.78 is 1.25. The summed E-state index contributed by atoms with van der Waals surface area (Å²) >= 11 is 0. The standard InChI is InChI=1S/C12H13N5O2.ClH/c1-7-15-10(6-17(7)12(14)19)8-3-2-4-9(5-8)16-11(13)18;/h2-6H,1H3,(H2,14,19)(H3,13,16,18);1H. The average molecular weight is 296 g/mol. The van der Waals surface area contributed by atoms with Gasteiger partial charge in [0.05, 0.1) is 5.69 Å². The van der Waals surface area contributed by atoms with E-state index in [4.69, 9.17) is 11.5 Å². The van der Waals surface area contributed by atoms with Crippen LogP contribution in [-0.2, 0) is 0 Å². The van der Waals surface area contributed by atoms with Crippen LogP contribution in [0.2, 0.25) is 0 Å². The lowest BCUT2D eigenvalue weighted by Crippen LogP contribution is -2.19. The van der Waals surface area contributed by atoms with Crippen LogP contribution in [0.5, 0.6) is 0 Å². The highest BCUT2D eigenvalue weighted by Crippen LogP contribution is 2.21. The molecule has 0 aliphatic rings. The summed E-state index contributed by atoms with van der Waals surface area (Å²) in [6.45, 7) is 1.68. The molecule has 0 radical (unpaired) electrons. The molecule has 8 heteroatoms. The number of rotatable bonds is 2. The largest absolute Gasteiger partial charge is 0.351 e. The number of amides is 3. The van der Waals surface area contributed by atoms with Crippen molar-refractivity contribution >= 4 is 30.2 Å².